The number of hydrogen-bond acceptors (Lipinski definition) is 3. The van der Waals surface area contributed by atoms with Crippen LogP contribution in [0.4, 0.5) is 0 Å². The lowest BCUT2D eigenvalue weighted by molar-refractivity contribution is -0.128. The number of nitrogens with one attached hydrogen (secondary N) is 3. The van der Waals surface area contributed by atoms with E-state index in [9.17, 15) is 4.79 Å². The number of halogens is 1. The van der Waals surface area contributed by atoms with E-state index in [-0.39, 0.29) is 36.0 Å². The zero-order valence-electron chi connectivity index (χ0n) is 16.5. The third kappa shape index (κ3) is 8.84. The van der Waals surface area contributed by atoms with Crippen LogP contribution in [0.3, 0.4) is 0 Å². The van der Waals surface area contributed by atoms with E-state index in [1.807, 2.05) is 32.0 Å². The first-order chi connectivity index (χ1) is 11.9. The van der Waals surface area contributed by atoms with E-state index in [4.69, 9.17) is 4.74 Å². The van der Waals surface area contributed by atoms with Crippen LogP contribution in [-0.2, 0) is 9.53 Å². The van der Waals surface area contributed by atoms with Gasteiger partial charge in [0.25, 0.3) is 0 Å². The monoisotopic (exact) mass is 476 g/mol. The molecule has 7 heteroatoms. The van der Waals surface area contributed by atoms with Crippen molar-refractivity contribution in [2.45, 2.75) is 33.3 Å². The number of carbonyl (C=O) groups is 1. The van der Waals surface area contributed by atoms with Gasteiger partial charge in [0.15, 0.2) is 5.96 Å². The molecule has 0 aliphatic rings. The summed E-state index contributed by atoms with van der Waals surface area (Å²) in [6.07, 6.45) is 0.962. The molecule has 0 radical (unpaired) electrons. The summed E-state index contributed by atoms with van der Waals surface area (Å²) < 4.78 is 5.85. The predicted octanol–water partition coefficient (Wildman–Crippen LogP) is 2.71. The van der Waals surface area contributed by atoms with Gasteiger partial charge in [-0.05, 0) is 32.8 Å². The SMILES string of the molecule is CN=C(NCCCOC(C)c1ccccc1)NCC(C)(C)C(=O)NC.I. The van der Waals surface area contributed by atoms with Gasteiger partial charge in [-0.1, -0.05) is 30.3 Å². The van der Waals surface area contributed by atoms with Crippen molar-refractivity contribution in [3.63, 3.8) is 0 Å². The molecule has 0 spiro atoms. The molecule has 0 saturated carbocycles. The van der Waals surface area contributed by atoms with E-state index in [1.54, 1.807) is 14.1 Å². The van der Waals surface area contributed by atoms with Crippen molar-refractivity contribution < 1.29 is 9.53 Å². The number of ether oxygens (including phenoxy) is 1. The fourth-order valence-electron chi connectivity index (χ4n) is 2.30. The highest BCUT2D eigenvalue weighted by Crippen LogP contribution is 2.15. The normalized spacial score (nSPS) is 12.7. The highest BCUT2D eigenvalue weighted by atomic mass is 127. The number of carbonyl (C=O) groups excluding carboxylic acids is 1. The molecule has 3 N–H and O–H groups in total. The lowest BCUT2D eigenvalue weighted by Crippen LogP contribution is -2.47. The van der Waals surface area contributed by atoms with E-state index in [0.29, 0.717) is 19.1 Å². The number of nitrogens with zero attached hydrogens (tertiary/aromatic N) is 1. The van der Waals surface area contributed by atoms with Crippen LogP contribution in [-0.4, -0.2) is 45.7 Å². The van der Waals surface area contributed by atoms with Gasteiger partial charge in [-0.25, -0.2) is 0 Å². The topological polar surface area (TPSA) is 74.8 Å². The smallest absolute Gasteiger partial charge is 0.227 e. The van der Waals surface area contributed by atoms with Gasteiger partial charge in [0, 0.05) is 33.8 Å². The van der Waals surface area contributed by atoms with Crippen molar-refractivity contribution in [3.05, 3.63) is 35.9 Å². The highest BCUT2D eigenvalue weighted by Gasteiger charge is 2.26. The van der Waals surface area contributed by atoms with E-state index < -0.39 is 5.41 Å². The Morgan fingerprint density at radius 2 is 1.88 bits per heavy atom. The maximum absolute atomic E-state index is 11.8. The molecular formula is C19H33IN4O2. The zero-order chi connectivity index (χ0) is 18.7. The number of aliphatic imine (C=N–C) groups is 1. The third-order valence-corrected chi connectivity index (χ3v) is 4.01. The van der Waals surface area contributed by atoms with Crippen molar-refractivity contribution in [1.82, 2.24) is 16.0 Å². The van der Waals surface area contributed by atoms with Gasteiger partial charge in [-0.2, -0.15) is 0 Å². The van der Waals surface area contributed by atoms with Crippen molar-refractivity contribution >= 4 is 35.8 Å². The third-order valence-electron chi connectivity index (χ3n) is 4.01. The molecule has 1 amide bonds. The predicted molar refractivity (Wildman–Crippen MR) is 118 cm³/mol. The molecule has 0 bridgehead atoms. The summed E-state index contributed by atoms with van der Waals surface area (Å²) in [5, 5.41) is 9.10. The molecule has 1 atom stereocenters. The minimum Gasteiger partial charge on any atom is -0.374 e. The number of amides is 1. The first kappa shape index (κ1) is 24.7. The fourth-order valence-corrected chi connectivity index (χ4v) is 2.30. The lowest BCUT2D eigenvalue weighted by Gasteiger charge is -2.24. The Hall–Kier alpha value is -1.35. The van der Waals surface area contributed by atoms with Crippen LogP contribution in [0.25, 0.3) is 0 Å². The Balaban J connectivity index is 0.00000625. The lowest BCUT2D eigenvalue weighted by atomic mass is 9.92. The molecule has 1 rings (SSSR count). The molecular weight excluding hydrogens is 443 g/mol. The summed E-state index contributed by atoms with van der Waals surface area (Å²) in [5.74, 6) is 0.687. The first-order valence-corrected chi connectivity index (χ1v) is 8.74. The Kier molecular flexibility index (Phi) is 12.2. The summed E-state index contributed by atoms with van der Waals surface area (Å²) >= 11 is 0. The molecule has 0 heterocycles. The van der Waals surface area contributed by atoms with E-state index in [0.717, 1.165) is 13.0 Å². The molecule has 26 heavy (non-hydrogen) atoms. The minimum absolute atomic E-state index is 0. The van der Waals surface area contributed by atoms with Gasteiger partial charge < -0.3 is 20.7 Å². The highest BCUT2D eigenvalue weighted by molar-refractivity contribution is 14.0. The van der Waals surface area contributed by atoms with Gasteiger partial charge in [-0.15, -0.1) is 24.0 Å². The van der Waals surface area contributed by atoms with Crippen LogP contribution < -0.4 is 16.0 Å². The van der Waals surface area contributed by atoms with Crippen molar-refractivity contribution in [1.29, 1.82) is 0 Å². The average molecular weight is 476 g/mol. The van der Waals surface area contributed by atoms with Crippen LogP contribution in [0.15, 0.2) is 35.3 Å². The molecule has 148 valence electrons. The van der Waals surface area contributed by atoms with Crippen LogP contribution in [0.1, 0.15) is 38.9 Å². The van der Waals surface area contributed by atoms with Gasteiger partial charge in [0.1, 0.15) is 0 Å². The number of hydrogen-bond donors (Lipinski definition) is 3. The summed E-state index contributed by atoms with van der Waals surface area (Å²) in [4.78, 5) is 16.0. The quantitative estimate of drug-likeness (QED) is 0.222. The summed E-state index contributed by atoms with van der Waals surface area (Å²) in [7, 11) is 3.36. The van der Waals surface area contributed by atoms with E-state index >= 15 is 0 Å². The molecule has 1 unspecified atom stereocenters. The Bertz CT molecular complexity index is 550. The largest absolute Gasteiger partial charge is 0.374 e. The average Bonchev–Trinajstić information content (AvgIpc) is 2.63. The molecule has 0 fully saturated rings. The van der Waals surface area contributed by atoms with Gasteiger partial charge in [0.05, 0.1) is 11.5 Å². The standard InChI is InChI=1S/C19H32N4O2.HI/c1-15(16-10-7-6-8-11-16)25-13-9-12-22-18(21-5)23-14-19(2,3)17(24)20-4;/h6-8,10-11,15H,9,12-14H2,1-5H3,(H,20,24)(H2,21,22,23);1H. The maximum atomic E-state index is 11.8. The van der Waals surface area contributed by atoms with Gasteiger partial charge in [0.2, 0.25) is 5.91 Å². The molecule has 0 saturated heterocycles. The van der Waals surface area contributed by atoms with Gasteiger partial charge in [-0.3, -0.25) is 9.79 Å². The Morgan fingerprint density at radius 1 is 1.23 bits per heavy atom. The fraction of sp³-hybridized carbons (Fsp3) is 0.579. The Morgan fingerprint density at radius 3 is 2.46 bits per heavy atom. The van der Waals surface area contributed by atoms with E-state index in [1.165, 1.54) is 5.56 Å². The van der Waals surface area contributed by atoms with Crippen LogP contribution in [0.2, 0.25) is 0 Å². The van der Waals surface area contributed by atoms with Crippen LogP contribution in [0, 0.1) is 5.41 Å². The van der Waals surface area contributed by atoms with Crippen LogP contribution >= 0.6 is 24.0 Å². The molecule has 0 aromatic heterocycles. The van der Waals surface area contributed by atoms with Crippen molar-refractivity contribution in [2.75, 3.05) is 33.8 Å². The Labute approximate surface area is 174 Å². The summed E-state index contributed by atoms with van der Waals surface area (Å²) in [5.41, 5.74) is 0.685. The summed E-state index contributed by atoms with van der Waals surface area (Å²) in [6, 6.07) is 10.2. The maximum Gasteiger partial charge on any atom is 0.227 e. The van der Waals surface area contributed by atoms with Gasteiger partial charge >= 0.3 is 0 Å². The van der Waals surface area contributed by atoms with Crippen LogP contribution in [0.5, 0.6) is 0 Å². The first-order valence-electron chi connectivity index (χ1n) is 8.74. The second-order valence-electron chi connectivity index (χ2n) is 6.59. The van der Waals surface area contributed by atoms with Crippen molar-refractivity contribution in [2.24, 2.45) is 10.4 Å². The second kappa shape index (κ2) is 12.9. The molecule has 6 nitrogen and oxygen atoms in total. The molecule has 0 aliphatic carbocycles. The summed E-state index contributed by atoms with van der Waals surface area (Å²) in [6.45, 7) is 7.78. The molecule has 1 aromatic carbocycles. The number of guanidine groups is 1. The number of rotatable bonds is 9. The minimum atomic E-state index is -0.499. The van der Waals surface area contributed by atoms with Crippen molar-refractivity contribution in [3.8, 4) is 0 Å². The molecule has 0 aliphatic heterocycles. The zero-order valence-corrected chi connectivity index (χ0v) is 18.8. The van der Waals surface area contributed by atoms with E-state index in [2.05, 4.69) is 40.0 Å². The second-order valence-corrected chi connectivity index (χ2v) is 6.59. The molecule has 1 aromatic rings. The number of benzene rings is 1.